The maximum atomic E-state index is 13.7. The third-order valence-electron chi connectivity index (χ3n) is 6.66. The molecule has 1 saturated heterocycles. The van der Waals surface area contributed by atoms with Crippen LogP contribution in [0.15, 0.2) is 66.7 Å². The van der Waals surface area contributed by atoms with Crippen molar-refractivity contribution in [2.75, 3.05) is 32.9 Å². The van der Waals surface area contributed by atoms with Crippen LogP contribution in [-0.2, 0) is 29.6 Å². The summed E-state index contributed by atoms with van der Waals surface area (Å²) in [6.07, 6.45) is -0.642. The molecular weight excluding hydrogens is 534 g/mol. The Morgan fingerprint density at radius 2 is 1.62 bits per heavy atom. The molecule has 3 aromatic rings. The fourth-order valence-corrected chi connectivity index (χ4v) is 9.34. The van der Waals surface area contributed by atoms with Crippen LogP contribution >= 0.6 is 11.3 Å². The van der Waals surface area contributed by atoms with E-state index >= 15 is 0 Å². The molecule has 2 aromatic carbocycles. The Morgan fingerprint density at radius 3 is 2.24 bits per heavy atom. The van der Waals surface area contributed by atoms with Crippen molar-refractivity contribution in [3.63, 3.8) is 0 Å². The van der Waals surface area contributed by atoms with Crippen molar-refractivity contribution in [2.24, 2.45) is 0 Å². The van der Waals surface area contributed by atoms with Crippen LogP contribution < -0.4 is 5.48 Å². The van der Waals surface area contributed by atoms with Gasteiger partial charge in [-0.3, -0.25) is 10.0 Å². The lowest BCUT2D eigenvalue weighted by molar-refractivity contribution is -0.129. The lowest BCUT2D eigenvalue weighted by Crippen LogP contribution is -2.42. The van der Waals surface area contributed by atoms with E-state index in [0.29, 0.717) is 4.88 Å². The number of nitrogens with zero attached hydrogens (tertiary/aromatic N) is 2. The van der Waals surface area contributed by atoms with Gasteiger partial charge in [-0.2, -0.15) is 17.0 Å². The van der Waals surface area contributed by atoms with Crippen LogP contribution in [-0.4, -0.2) is 69.5 Å². The monoisotopic (exact) mass is 563 g/mol. The fraction of sp³-hybridized carbons (Fsp3) is 0.320. The quantitative estimate of drug-likeness (QED) is 0.336. The minimum absolute atomic E-state index is 0.0859. The van der Waals surface area contributed by atoms with E-state index in [1.165, 1.54) is 25.4 Å². The molecule has 0 spiro atoms. The number of amides is 1. The lowest BCUT2D eigenvalue weighted by Gasteiger charge is -2.30. The Hall–Kier alpha value is -2.61. The average Bonchev–Trinajstić information content (AvgIpc) is 3.33. The largest absolute Gasteiger partial charge is 0.289 e. The second-order valence-electron chi connectivity index (χ2n) is 9.07. The summed E-state index contributed by atoms with van der Waals surface area (Å²) in [5.41, 5.74) is 4.56. The molecule has 2 heterocycles. The Kier molecular flexibility index (Phi) is 7.88. The normalized spacial score (nSPS) is 20.4. The Bertz CT molecular complexity index is 1470. The van der Waals surface area contributed by atoms with E-state index in [0.717, 1.165) is 30.2 Å². The summed E-state index contributed by atoms with van der Waals surface area (Å²) >= 11 is 1.25. The molecule has 4 rings (SSSR count). The number of sulfone groups is 1. The van der Waals surface area contributed by atoms with E-state index in [4.69, 9.17) is 0 Å². The molecule has 1 atom stereocenters. The molecule has 0 bridgehead atoms. The predicted molar refractivity (Wildman–Crippen MR) is 144 cm³/mol. The van der Waals surface area contributed by atoms with Crippen molar-refractivity contribution >= 4 is 37.3 Å². The molecule has 1 aromatic heterocycles. The van der Waals surface area contributed by atoms with Crippen LogP contribution in [0.3, 0.4) is 0 Å². The van der Waals surface area contributed by atoms with E-state index in [9.17, 15) is 26.8 Å². The zero-order valence-electron chi connectivity index (χ0n) is 20.5. The second-order valence-corrected chi connectivity index (χ2v) is 14.7. The molecule has 0 aliphatic carbocycles. The number of thiophene rings is 1. The smallest absolute Gasteiger partial charge is 0.281 e. The van der Waals surface area contributed by atoms with Gasteiger partial charge in [0.2, 0.25) is 5.91 Å². The average molecular weight is 564 g/mol. The standard InChI is InChI=1S/C25H29N3O6S3/c1-27(2)37(33,34)28-15-14-25(18-24(29)26-30,36(31,32)17-16-28)23-13-12-22(35-23)21-10-8-20(9-11-21)19-6-4-3-5-7-19/h3-13,30H,14-18H2,1-2H3,(H,26,29). The Balaban J connectivity index is 1.72. The highest BCUT2D eigenvalue weighted by Gasteiger charge is 2.50. The van der Waals surface area contributed by atoms with Gasteiger partial charge < -0.3 is 0 Å². The molecule has 2 N–H and O–H groups in total. The molecule has 12 heteroatoms. The zero-order valence-corrected chi connectivity index (χ0v) is 22.9. The van der Waals surface area contributed by atoms with E-state index < -0.39 is 42.9 Å². The Morgan fingerprint density at radius 1 is 1.00 bits per heavy atom. The molecule has 1 aliphatic rings. The highest BCUT2D eigenvalue weighted by Crippen LogP contribution is 2.45. The lowest BCUT2D eigenvalue weighted by atomic mass is 9.97. The van der Waals surface area contributed by atoms with Crippen molar-refractivity contribution in [2.45, 2.75) is 17.6 Å². The van der Waals surface area contributed by atoms with E-state index in [1.54, 1.807) is 11.5 Å². The SMILES string of the molecule is CN(C)S(=O)(=O)N1CCC(CC(=O)NO)(c2ccc(-c3ccc(-c4ccccc4)cc3)s2)S(=O)(=O)CC1. The molecule has 1 aliphatic heterocycles. The summed E-state index contributed by atoms with van der Waals surface area (Å²) in [7, 11) is -5.08. The maximum Gasteiger partial charge on any atom is 0.281 e. The number of carbonyl (C=O) groups excluding carboxylic acids is 1. The third-order valence-corrected chi connectivity index (χ3v) is 12.5. The van der Waals surface area contributed by atoms with E-state index in [-0.39, 0.29) is 19.5 Å². The van der Waals surface area contributed by atoms with Crippen LogP contribution in [0.4, 0.5) is 0 Å². The predicted octanol–water partition coefficient (Wildman–Crippen LogP) is 3.10. The summed E-state index contributed by atoms with van der Waals surface area (Å²) in [6.45, 7) is -0.304. The number of nitrogens with one attached hydrogen (secondary N) is 1. The summed E-state index contributed by atoms with van der Waals surface area (Å²) < 4.78 is 53.3. The highest BCUT2D eigenvalue weighted by molar-refractivity contribution is 7.92. The van der Waals surface area contributed by atoms with Gasteiger partial charge in [-0.1, -0.05) is 54.6 Å². The minimum Gasteiger partial charge on any atom is -0.289 e. The molecule has 198 valence electrons. The van der Waals surface area contributed by atoms with E-state index in [1.807, 2.05) is 60.7 Å². The van der Waals surface area contributed by atoms with Crippen molar-refractivity contribution in [1.82, 2.24) is 14.1 Å². The second kappa shape index (κ2) is 10.6. The minimum atomic E-state index is -4.00. The van der Waals surface area contributed by atoms with Gasteiger partial charge in [-0.05, 0) is 35.2 Å². The molecule has 0 radical (unpaired) electrons. The molecule has 1 amide bonds. The number of hydrogen-bond donors (Lipinski definition) is 2. The van der Waals surface area contributed by atoms with Crippen LogP contribution in [0.25, 0.3) is 21.6 Å². The van der Waals surface area contributed by atoms with Gasteiger partial charge in [-0.25, -0.2) is 13.9 Å². The summed E-state index contributed by atoms with van der Waals surface area (Å²) in [5.74, 6) is -1.30. The first-order chi connectivity index (χ1) is 17.5. The van der Waals surface area contributed by atoms with Crippen LogP contribution in [0, 0.1) is 0 Å². The van der Waals surface area contributed by atoms with Crippen molar-refractivity contribution in [1.29, 1.82) is 0 Å². The van der Waals surface area contributed by atoms with Gasteiger partial charge >= 0.3 is 0 Å². The van der Waals surface area contributed by atoms with Gasteiger partial charge in [0.05, 0.1) is 12.2 Å². The Labute approximate surface area is 221 Å². The number of rotatable bonds is 7. The number of hydroxylamine groups is 1. The van der Waals surface area contributed by atoms with Crippen LogP contribution in [0.1, 0.15) is 17.7 Å². The molecule has 1 unspecified atom stereocenters. The molecule has 9 nitrogen and oxygen atoms in total. The first-order valence-electron chi connectivity index (χ1n) is 11.6. The maximum absolute atomic E-state index is 13.7. The topological polar surface area (TPSA) is 124 Å². The first kappa shape index (κ1) is 27.4. The first-order valence-corrected chi connectivity index (χ1v) is 15.5. The number of benzene rings is 2. The van der Waals surface area contributed by atoms with Crippen molar-refractivity contribution in [3.8, 4) is 21.6 Å². The van der Waals surface area contributed by atoms with Crippen LogP contribution in [0.5, 0.6) is 0 Å². The third kappa shape index (κ3) is 5.35. The van der Waals surface area contributed by atoms with Gasteiger partial charge in [0.15, 0.2) is 9.84 Å². The molecule has 37 heavy (non-hydrogen) atoms. The van der Waals surface area contributed by atoms with Gasteiger partial charge in [-0.15, -0.1) is 11.3 Å². The molecule has 0 saturated carbocycles. The highest BCUT2D eigenvalue weighted by atomic mass is 32.2. The summed E-state index contributed by atoms with van der Waals surface area (Å²) in [6, 6.07) is 21.3. The molecular formula is C25H29N3O6S3. The summed E-state index contributed by atoms with van der Waals surface area (Å²) in [5, 5.41) is 9.22. The zero-order chi connectivity index (χ0) is 26.8. The fourth-order valence-electron chi connectivity index (χ4n) is 4.51. The van der Waals surface area contributed by atoms with Crippen molar-refractivity contribution < 1.29 is 26.8 Å². The number of hydrogen-bond acceptors (Lipinski definition) is 7. The van der Waals surface area contributed by atoms with Gasteiger partial charge in [0.1, 0.15) is 4.75 Å². The van der Waals surface area contributed by atoms with E-state index in [2.05, 4.69) is 0 Å². The van der Waals surface area contributed by atoms with Crippen molar-refractivity contribution in [3.05, 3.63) is 71.6 Å². The summed E-state index contributed by atoms with van der Waals surface area (Å²) in [4.78, 5) is 13.6. The van der Waals surface area contributed by atoms with Gasteiger partial charge in [0.25, 0.3) is 10.2 Å². The number of carbonyl (C=O) groups is 1. The molecule has 1 fully saturated rings. The van der Waals surface area contributed by atoms with Gasteiger partial charge in [0, 0.05) is 36.9 Å². The van der Waals surface area contributed by atoms with Crippen LogP contribution in [0.2, 0.25) is 0 Å².